The Morgan fingerprint density at radius 3 is 2.50 bits per heavy atom. The maximum atomic E-state index is 13.4. The van der Waals surface area contributed by atoms with Gasteiger partial charge in [0.15, 0.2) is 17.5 Å². The van der Waals surface area contributed by atoms with Gasteiger partial charge in [0.2, 0.25) is 11.8 Å². The third-order valence-corrected chi connectivity index (χ3v) is 2.87. The lowest BCUT2D eigenvalue weighted by atomic mass is 10.2. The molecule has 0 unspecified atom stereocenters. The molecular weight excluding hydrogens is 301 g/mol. The molecule has 0 fully saturated rings. The van der Waals surface area contributed by atoms with Crippen molar-refractivity contribution in [2.24, 2.45) is 0 Å². The van der Waals surface area contributed by atoms with Crippen LogP contribution in [0.5, 0.6) is 0 Å². The zero-order valence-corrected chi connectivity index (χ0v) is 12.3. The smallest absolute Gasteiger partial charge is 0.244 e. The van der Waals surface area contributed by atoms with E-state index in [1.165, 1.54) is 18.9 Å². The van der Waals surface area contributed by atoms with Gasteiger partial charge < -0.3 is 15.0 Å². The highest BCUT2D eigenvalue weighted by atomic mass is 19.2. The van der Waals surface area contributed by atoms with Crippen molar-refractivity contribution in [3.05, 3.63) is 29.6 Å². The van der Waals surface area contributed by atoms with E-state index in [1.54, 1.807) is 0 Å². The monoisotopic (exact) mass is 318 g/mol. The second kappa shape index (κ2) is 8.38. The summed E-state index contributed by atoms with van der Waals surface area (Å²) in [5.74, 6) is -5.54. The van der Waals surface area contributed by atoms with Crippen LogP contribution in [-0.2, 0) is 14.3 Å². The van der Waals surface area contributed by atoms with E-state index in [-0.39, 0.29) is 19.0 Å². The Labute approximate surface area is 126 Å². The number of anilines is 1. The zero-order chi connectivity index (χ0) is 16.7. The summed E-state index contributed by atoms with van der Waals surface area (Å²) in [5.41, 5.74) is -0.482. The molecule has 1 N–H and O–H groups in total. The molecule has 0 saturated heterocycles. The van der Waals surface area contributed by atoms with E-state index in [0.717, 1.165) is 6.07 Å². The molecule has 0 spiro atoms. The van der Waals surface area contributed by atoms with Crippen molar-refractivity contribution in [2.75, 3.05) is 32.1 Å². The number of ether oxygens (including phenoxy) is 1. The molecule has 2 amide bonds. The quantitative estimate of drug-likeness (QED) is 0.617. The fraction of sp³-hybridized carbons (Fsp3) is 0.429. The molecule has 5 nitrogen and oxygen atoms in total. The van der Waals surface area contributed by atoms with Crippen LogP contribution in [0.25, 0.3) is 0 Å². The first-order chi connectivity index (χ1) is 10.4. The van der Waals surface area contributed by atoms with Crippen molar-refractivity contribution in [3.8, 4) is 0 Å². The summed E-state index contributed by atoms with van der Waals surface area (Å²) in [5, 5.41) is 2.11. The molecule has 0 bridgehead atoms. The molecule has 122 valence electrons. The first-order valence-corrected chi connectivity index (χ1v) is 6.54. The van der Waals surface area contributed by atoms with Gasteiger partial charge in [-0.1, -0.05) is 0 Å². The van der Waals surface area contributed by atoms with Crippen molar-refractivity contribution in [1.29, 1.82) is 0 Å². The summed E-state index contributed by atoms with van der Waals surface area (Å²) in [4.78, 5) is 24.4. The van der Waals surface area contributed by atoms with Gasteiger partial charge in [0.25, 0.3) is 0 Å². The van der Waals surface area contributed by atoms with E-state index >= 15 is 0 Å². The minimum Gasteiger partial charge on any atom is -0.385 e. The molecule has 8 heteroatoms. The highest BCUT2D eigenvalue weighted by Crippen LogP contribution is 2.19. The maximum Gasteiger partial charge on any atom is 0.244 e. The maximum absolute atomic E-state index is 13.4. The minimum atomic E-state index is -1.67. The summed E-state index contributed by atoms with van der Waals surface area (Å²) in [6, 6.07) is 1.62. The number of methoxy groups -OCH3 is 1. The summed E-state index contributed by atoms with van der Waals surface area (Å²) >= 11 is 0. The lowest BCUT2D eigenvalue weighted by Crippen LogP contribution is -2.37. The number of carbonyl (C=O) groups is 2. The average molecular weight is 318 g/mol. The van der Waals surface area contributed by atoms with Crippen LogP contribution in [0.2, 0.25) is 0 Å². The Balaban J connectivity index is 2.67. The number of benzene rings is 1. The van der Waals surface area contributed by atoms with E-state index in [9.17, 15) is 22.8 Å². The Bertz CT molecular complexity index is 552. The molecule has 0 heterocycles. The predicted octanol–water partition coefficient (Wildman–Crippen LogP) is 1.93. The molecular formula is C14H17F3N2O3. The van der Waals surface area contributed by atoms with Crippen LogP contribution in [0.3, 0.4) is 0 Å². The van der Waals surface area contributed by atoms with Gasteiger partial charge in [-0.3, -0.25) is 9.59 Å². The molecule has 22 heavy (non-hydrogen) atoms. The number of carbonyl (C=O) groups excluding carboxylic acids is 2. The highest BCUT2D eigenvalue weighted by molar-refractivity contribution is 5.94. The van der Waals surface area contributed by atoms with Crippen molar-refractivity contribution in [3.63, 3.8) is 0 Å². The Morgan fingerprint density at radius 2 is 1.91 bits per heavy atom. The molecule has 0 atom stereocenters. The van der Waals surface area contributed by atoms with Crippen LogP contribution < -0.4 is 5.32 Å². The van der Waals surface area contributed by atoms with Crippen molar-refractivity contribution < 1.29 is 27.5 Å². The minimum absolute atomic E-state index is 0.289. The second-order valence-electron chi connectivity index (χ2n) is 4.56. The Hall–Kier alpha value is -2.09. The van der Waals surface area contributed by atoms with Crippen LogP contribution in [0.1, 0.15) is 13.3 Å². The number of hydrogen-bond acceptors (Lipinski definition) is 3. The van der Waals surface area contributed by atoms with Crippen molar-refractivity contribution >= 4 is 17.5 Å². The number of amides is 2. The fourth-order valence-corrected chi connectivity index (χ4v) is 1.73. The van der Waals surface area contributed by atoms with E-state index in [2.05, 4.69) is 5.32 Å². The molecule has 0 saturated carbocycles. The van der Waals surface area contributed by atoms with Gasteiger partial charge in [0, 0.05) is 27.2 Å². The van der Waals surface area contributed by atoms with Crippen molar-refractivity contribution in [2.45, 2.75) is 13.3 Å². The third kappa shape index (κ3) is 5.03. The van der Waals surface area contributed by atoms with Gasteiger partial charge >= 0.3 is 0 Å². The molecule has 0 aliphatic rings. The van der Waals surface area contributed by atoms with Crippen LogP contribution >= 0.6 is 0 Å². The lowest BCUT2D eigenvalue weighted by molar-refractivity contribution is -0.132. The first kappa shape index (κ1) is 18.0. The van der Waals surface area contributed by atoms with Gasteiger partial charge in [-0.25, -0.2) is 13.2 Å². The lowest BCUT2D eigenvalue weighted by Gasteiger charge is -2.20. The van der Waals surface area contributed by atoms with Crippen LogP contribution in [-0.4, -0.2) is 43.5 Å². The van der Waals surface area contributed by atoms with E-state index < -0.39 is 29.0 Å². The number of halogens is 3. The summed E-state index contributed by atoms with van der Waals surface area (Å²) in [7, 11) is 1.51. The SMILES string of the molecule is COCCCN(CC(=O)Nc1ccc(F)c(F)c1F)C(C)=O. The van der Waals surface area contributed by atoms with E-state index in [4.69, 9.17) is 4.74 Å². The number of rotatable bonds is 7. The molecule has 1 rings (SSSR count). The molecule has 1 aromatic carbocycles. The topological polar surface area (TPSA) is 58.6 Å². The molecule has 1 aromatic rings. The largest absolute Gasteiger partial charge is 0.385 e. The van der Waals surface area contributed by atoms with Crippen molar-refractivity contribution in [1.82, 2.24) is 4.90 Å². The van der Waals surface area contributed by atoms with Gasteiger partial charge in [-0.15, -0.1) is 0 Å². The van der Waals surface area contributed by atoms with E-state index in [0.29, 0.717) is 19.1 Å². The van der Waals surface area contributed by atoms with Gasteiger partial charge in [0.1, 0.15) is 0 Å². The van der Waals surface area contributed by atoms with Crippen LogP contribution in [0.15, 0.2) is 12.1 Å². The number of hydrogen-bond donors (Lipinski definition) is 1. The summed E-state index contributed by atoms with van der Waals surface area (Å²) in [6.07, 6.45) is 0.531. The standard InChI is InChI=1S/C14H17F3N2O3/c1-9(20)19(6-3-7-22-2)8-12(21)18-11-5-4-10(15)13(16)14(11)17/h4-5H,3,6-8H2,1-2H3,(H,18,21). The Morgan fingerprint density at radius 1 is 1.23 bits per heavy atom. The Kier molecular flexibility index (Phi) is 6.84. The number of nitrogens with zero attached hydrogens (tertiary/aromatic N) is 1. The fourth-order valence-electron chi connectivity index (χ4n) is 1.73. The van der Waals surface area contributed by atoms with E-state index in [1.807, 2.05) is 0 Å². The zero-order valence-electron chi connectivity index (χ0n) is 12.3. The van der Waals surface area contributed by atoms with Crippen LogP contribution in [0.4, 0.5) is 18.9 Å². The van der Waals surface area contributed by atoms with Gasteiger partial charge in [-0.05, 0) is 18.6 Å². The second-order valence-corrected chi connectivity index (χ2v) is 4.56. The molecule has 0 aromatic heterocycles. The predicted molar refractivity (Wildman–Crippen MR) is 73.7 cm³/mol. The normalized spacial score (nSPS) is 10.4. The molecule has 0 aliphatic carbocycles. The summed E-state index contributed by atoms with van der Waals surface area (Å²) in [6.45, 7) is 1.68. The molecule has 0 radical (unpaired) electrons. The summed E-state index contributed by atoms with van der Waals surface area (Å²) < 4.78 is 44.1. The van der Waals surface area contributed by atoms with Gasteiger partial charge in [0.05, 0.1) is 12.2 Å². The first-order valence-electron chi connectivity index (χ1n) is 6.54. The van der Waals surface area contributed by atoms with Crippen LogP contribution in [0, 0.1) is 17.5 Å². The average Bonchev–Trinajstić information content (AvgIpc) is 2.47. The highest BCUT2D eigenvalue weighted by Gasteiger charge is 2.17. The third-order valence-electron chi connectivity index (χ3n) is 2.87. The van der Waals surface area contributed by atoms with Gasteiger partial charge in [-0.2, -0.15) is 0 Å². The number of nitrogens with one attached hydrogen (secondary N) is 1. The molecule has 0 aliphatic heterocycles.